The maximum atomic E-state index is 13.3. The van der Waals surface area contributed by atoms with Crippen molar-refractivity contribution in [3.63, 3.8) is 0 Å². The van der Waals surface area contributed by atoms with Crippen LogP contribution in [0.1, 0.15) is 5.56 Å². The highest BCUT2D eigenvalue weighted by Crippen LogP contribution is 2.37. The molecular weight excluding hydrogens is 480 g/mol. The first kappa shape index (κ1) is 22.9. The van der Waals surface area contributed by atoms with E-state index in [1.54, 1.807) is 43.8 Å². The summed E-state index contributed by atoms with van der Waals surface area (Å²) in [5.41, 5.74) is 4.73. The van der Waals surface area contributed by atoms with Crippen molar-refractivity contribution in [3.05, 3.63) is 66.6 Å². The summed E-state index contributed by atoms with van der Waals surface area (Å²) in [6.45, 7) is -1.04. The van der Waals surface area contributed by atoms with Gasteiger partial charge in [-0.3, -0.25) is 9.89 Å². The van der Waals surface area contributed by atoms with Crippen LogP contribution in [0.5, 0.6) is 5.75 Å². The van der Waals surface area contributed by atoms with Gasteiger partial charge in [0, 0.05) is 42.7 Å². The summed E-state index contributed by atoms with van der Waals surface area (Å²) in [6.07, 6.45) is 5.50. The first-order chi connectivity index (χ1) is 17.8. The molecule has 0 saturated carbocycles. The lowest BCUT2D eigenvalue weighted by Crippen LogP contribution is -2.62. The van der Waals surface area contributed by atoms with Crippen LogP contribution in [0.25, 0.3) is 22.5 Å². The highest BCUT2D eigenvalue weighted by Gasteiger charge is 2.49. The number of aromatic hydroxyl groups is 1. The molecule has 4 aromatic rings. The number of amides is 1. The number of benzene rings is 2. The van der Waals surface area contributed by atoms with Crippen LogP contribution in [0.2, 0.25) is 0 Å². The summed E-state index contributed by atoms with van der Waals surface area (Å²) in [6, 6.07) is 12.2. The quantitative estimate of drug-likeness (QED) is 0.355. The number of halogens is 2. The molecule has 1 amide bonds. The second-order valence-electron chi connectivity index (χ2n) is 9.33. The van der Waals surface area contributed by atoms with Crippen LogP contribution in [0.4, 0.5) is 26.0 Å². The number of aromatic nitrogens is 4. The van der Waals surface area contributed by atoms with Gasteiger partial charge in [-0.2, -0.15) is 5.10 Å². The van der Waals surface area contributed by atoms with Crippen LogP contribution in [0.15, 0.2) is 61.1 Å². The fourth-order valence-electron chi connectivity index (χ4n) is 4.78. The van der Waals surface area contributed by atoms with E-state index in [1.807, 2.05) is 29.2 Å². The molecule has 2 aromatic heterocycles. The van der Waals surface area contributed by atoms with Crippen LogP contribution in [0.3, 0.4) is 0 Å². The van der Waals surface area contributed by atoms with Crippen molar-refractivity contribution in [1.82, 2.24) is 25.1 Å². The Morgan fingerprint density at radius 3 is 2.68 bits per heavy atom. The average Bonchev–Trinajstić information content (AvgIpc) is 3.52. The fourth-order valence-corrected chi connectivity index (χ4v) is 4.78. The highest BCUT2D eigenvalue weighted by molar-refractivity contribution is 5.89. The number of phenols is 1. The van der Waals surface area contributed by atoms with Gasteiger partial charge in [0.05, 0.1) is 25.0 Å². The van der Waals surface area contributed by atoms with Crippen LogP contribution in [-0.2, 0) is 11.2 Å². The normalized spacial score (nSPS) is 17.9. The van der Waals surface area contributed by atoms with Crippen LogP contribution in [0, 0.1) is 0 Å². The molecular formula is C26H23F2N7O2. The van der Waals surface area contributed by atoms with E-state index in [9.17, 15) is 18.7 Å². The van der Waals surface area contributed by atoms with E-state index in [4.69, 9.17) is 0 Å². The zero-order valence-corrected chi connectivity index (χ0v) is 19.8. The molecule has 1 saturated heterocycles. The zero-order chi connectivity index (χ0) is 25.7. The molecule has 1 unspecified atom stereocenters. The van der Waals surface area contributed by atoms with Gasteiger partial charge in [-0.25, -0.2) is 18.7 Å². The predicted octanol–water partition coefficient (Wildman–Crippen LogP) is 3.82. The van der Waals surface area contributed by atoms with Crippen LogP contribution >= 0.6 is 0 Å². The molecule has 0 bridgehead atoms. The van der Waals surface area contributed by atoms with Crippen molar-refractivity contribution in [2.45, 2.75) is 18.4 Å². The molecule has 2 aliphatic rings. The number of rotatable bonds is 5. The van der Waals surface area contributed by atoms with E-state index >= 15 is 0 Å². The molecule has 1 fully saturated rings. The van der Waals surface area contributed by atoms with Gasteiger partial charge < -0.3 is 20.2 Å². The molecule has 4 heterocycles. The van der Waals surface area contributed by atoms with Gasteiger partial charge in [0.2, 0.25) is 5.91 Å². The summed E-state index contributed by atoms with van der Waals surface area (Å²) in [4.78, 5) is 24.8. The molecule has 188 valence electrons. The number of H-pyrrole nitrogens is 1. The number of likely N-dealkylation sites (N-methyl/N-ethyl adjacent to an activating group) is 1. The lowest BCUT2D eigenvalue weighted by molar-refractivity contribution is -0.166. The third-order valence-corrected chi connectivity index (χ3v) is 6.79. The van der Waals surface area contributed by atoms with Gasteiger partial charge in [0.25, 0.3) is 5.92 Å². The lowest BCUT2D eigenvalue weighted by atomic mass is 10.0. The zero-order valence-electron chi connectivity index (χ0n) is 19.8. The Bertz CT molecular complexity index is 1480. The number of carbonyl (C=O) groups excluding carboxylic acids is 1. The van der Waals surface area contributed by atoms with Crippen molar-refractivity contribution >= 4 is 23.1 Å². The number of nitrogens with one attached hydrogen (secondary N) is 2. The third kappa shape index (κ3) is 4.22. The average molecular weight is 504 g/mol. The molecule has 11 heteroatoms. The van der Waals surface area contributed by atoms with Gasteiger partial charge in [0.15, 0.2) is 5.82 Å². The fraction of sp³-hybridized carbons (Fsp3) is 0.231. The summed E-state index contributed by atoms with van der Waals surface area (Å²) in [5, 5.41) is 20.3. The van der Waals surface area contributed by atoms with Crippen molar-refractivity contribution in [2.24, 2.45) is 0 Å². The minimum atomic E-state index is -2.79. The molecule has 2 aliphatic heterocycles. The number of aromatic amines is 1. The standard InChI is InChI=1S/C26H23F2N7O2/c1-34-20-9-17(3-2-16(20)8-21(34)25(37)35-13-26(27,28)14-35)24-29-7-6-23(33-24)32-19-5-4-15(10-22(19)36)18-11-30-31-12-18/h2-7,9-12,21,36H,8,13-14H2,1H3,(H,30,31)(H,29,32,33). The second-order valence-corrected chi connectivity index (χ2v) is 9.33. The van der Waals surface area contributed by atoms with Gasteiger partial charge in [0.1, 0.15) is 17.6 Å². The summed E-state index contributed by atoms with van der Waals surface area (Å²) < 4.78 is 26.5. The topological polar surface area (TPSA) is 110 Å². The molecule has 2 aromatic carbocycles. The number of carbonyl (C=O) groups is 1. The van der Waals surface area contributed by atoms with E-state index in [0.717, 1.165) is 27.9 Å². The van der Waals surface area contributed by atoms with E-state index in [1.165, 1.54) is 4.90 Å². The number of nitrogens with zero attached hydrogens (tertiary/aromatic N) is 5. The molecule has 0 aliphatic carbocycles. The molecule has 6 rings (SSSR count). The Hall–Kier alpha value is -4.54. The number of hydrogen-bond donors (Lipinski definition) is 3. The molecule has 3 N–H and O–H groups in total. The van der Waals surface area contributed by atoms with Gasteiger partial charge in [-0.05, 0) is 35.4 Å². The first-order valence-corrected chi connectivity index (χ1v) is 11.7. The summed E-state index contributed by atoms with van der Waals surface area (Å²) in [5.74, 6) is -2.05. The van der Waals surface area contributed by atoms with Crippen LogP contribution in [-0.4, -0.2) is 68.2 Å². The lowest BCUT2D eigenvalue weighted by Gasteiger charge is -2.41. The van der Waals surface area contributed by atoms with Gasteiger partial charge in [-0.15, -0.1) is 0 Å². The number of hydrogen-bond acceptors (Lipinski definition) is 7. The van der Waals surface area contributed by atoms with Crippen molar-refractivity contribution in [1.29, 1.82) is 0 Å². The van der Waals surface area contributed by atoms with E-state index in [-0.39, 0.29) is 11.7 Å². The SMILES string of the molecule is CN1c2cc(-c3nccc(Nc4ccc(-c5cn[nH]c5)cc4O)n3)ccc2CC1C(=O)N1CC(F)(F)C1. The van der Waals surface area contributed by atoms with E-state index in [0.29, 0.717) is 23.8 Å². The molecule has 1 atom stereocenters. The Morgan fingerprint density at radius 1 is 1.14 bits per heavy atom. The predicted molar refractivity (Wildman–Crippen MR) is 134 cm³/mol. The maximum absolute atomic E-state index is 13.3. The number of phenolic OH excluding ortho intramolecular Hbond substituents is 1. The van der Waals surface area contributed by atoms with E-state index in [2.05, 4.69) is 25.5 Å². The molecule has 0 radical (unpaired) electrons. The Kier molecular flexibility index (Phi) is 5.28. The monoisotopic (exact) mass is 503 g/mol. The molecule has 37 heavy (non-hydrogen) atoms. The number of alkyl halides is 2. The minimum absolute atomic E-state index is 0.0636. The van der Waals surface area contributed by atoms with Crippen molar-refractivity contribution in [2.75, 3.05) is 30.4 Å². The number of anilines is 3. The summed E-state index contributed by atoms with van der Waals surface area (Å²) >= 11 is 0. The number of fused-ring (bicyclic) bond motifs is 1. The van der Waals surface area contributed by atoms with Gasteiger partial charge >= 0.3 is 0 Å². The Balaban J connectivity index is 1.20. The largest absolute Gasteiger partial charge is 0.506 e. The second kappa shape index (κ2) is 8.54. The van der Waals surface area contributed by atoms with E-state index < -0.39 is 25.1 Å². The number of likely N-dealkylation sites (tertiary alicyclic amines) is 1. The van der Waals surface area contributed by atoms with Crippen molar-refractivity contribution < 1.29 is 18.7 Å². The Morgan fingerprint density at radius 2 is 1.95 bits per heavy atom. The van der Waals surface area contributed by atoms with Crippen LogP contribution < -0.4 is 10.2 Å². The molecule has 0 spiro atoms. The van der Waals surface area contributed by atoms with Gasteiger partial charge in [-0.1, -0.05) is 18.2 Å². The minimum Gasteiger partial charge on any atom is -0.506 e. The molecule has 9 nitrogen and oxygen atoms in total. The first-order valence-electron chi connectivity index (χ1n) is 11.7. The highest BCUT2D eigenvalue weighted by atomic mass is 19.3. The third-order valence-electron chi connectivity index (χ3n) is 6.79. The smallest absolute Gasteiger partial charge is 0.282 e. The Labute approximate surface area is 210 Å². The summed E-state index contributed by atoms with van der Waals surface area (Å²) in [7, 11) is 1.80. The van der Waals surface area contributed by atoms with Crippen molar-refractivity contribution in [3.8, 4) is 28.3 Å². The maximum Gasteiger partial charge on any atom is 0.282 e.